The summed E-state index contributed by atoms with van der Waals surface area (Å²) < 4.78 is 0. The van der Waals surface area contributed by atoms with Crippen molar-refractivity contribution in [2.24, 2.45) is 0 Å². The summed E-state index contributed by atoms with van der Waals surface area (Å²) in [7, 11) is 3.49. The summed E-state index contributed by atoms with van der Waals surface area (Å²) in [5.74, 6) is 0.642. The molecular weight excluding hydrogens is 228 g/mol. The van der Waals surface area contributed by atoms with Crippen LogP contribution in [0.25, 0.3) is 10.9 Å². The maximum absolute atomic E-state index is 11.4. The van der Waals surface area contributed by atoms with E-state index in [9.17, 15) is 4.79 Å². The van der Waals surface area contributed by atoms with Gasteiger partial charge in [0.2, 0.25) is 11.9 Å². The Bertz CT molecular complexity index is 553. The van der Waals surface area contributed by atoms with Crippen LogP contribution in [0, 0.1) is 0 Å². The van der Waals surface area contributed by atoms with Gasteiger partial charge in [-0.1, -0.05) is 18.2 Å². The van der Waals surface area contributed by atoms with Crippen molar-refractivity contribution in [1.82, 2.24) is 14.9 Å². The molecule has 18 heavy (non-hydrogen) atoms. The predicted molar refractivity (Wildman–Crippen MR) is 71.3 cm³/mol. The summed E-state index contributed by atoms with van der Waals surface area (Å²) in [4.78, 5) is 21.5. The van der Waals surface area contributed by atoms with Crippen LogP contribution in [-0.4, -0.2) is 41.4 Å². The summed E-state index contributed by atoms with van der Waals surface area (Å²) in [6, 6.07) is 7.80. The average Bonchev–Trinajstić information content (AvgIpc) is 2.38. The van der Waals surface area contributed by atoms with Crippen molar-refractivity contribution in [3.8, 4) is 0 Å². The highest BCUT2D eigenvalue weighted by atomic mass is 16.2. The van der Waals surface area contributed by atoms with Crippen molar-refractivity contribution >= 4 is 22.8 Å². The highest BCUT2D eigenvalue weighted by Gasteiger charge is 2.04. The van der Waals surface area contributed by atoms with Gasteiger partial charge in [0, 0.05) is 38.6 Å². The van der Waals surface area contributed by atoms with Crippen LogP contribution in [0.1, 0.15) is 6.42 Å². The first kappa shape index (κ1) is 12.3. The topological polar surface area (TPSA) is 58.1 Å². The van der Waals surface area contributed by atoms with E-state index < -0.39 is 0 Å². The molecule has 0 radical (unpaired) electrons. The molecule has 0 aliphatic carbocycles. The Morgan fingerprint density at radius 2 is 2.11 bits per heavy atom. The minimum Gasteiger partial charge on any atom is -0.354 e. The normalized spacial score (nSPS) is 10.3. The maximum Gasteiger partial charge on any atom is 0.223 e. The van der Waals surface area contributed by atoms with Gasteiger partial charge in [-0.05, 0) is 6.07 Å². The lowest BCUT2D eigenvalue weighted by Gasteiger charge is -2.10. The van der Waals surface area contributed by atoms with Crippen LogP contribution in [0.4, 0.5) is 5.95 Å². The molecule has 2 rings (SSSR count). The van der Waals surface area contributed by atoms with Gasteiger partial charge in [-0.2, -0.15) is 0 Å². The molecule has 0 aliphatic rings. The van der Waals surface area contributed by atoms with E-state index in [1.807, 2.05) is 24.3 Å². The van der Waals surface area contributed by atoms with Crippen LogP contribution in [0.15, 0.2) is 30.5 Å². The highest BCUT2D eigenvalue weighted by Crippen LogP contribution is 2.11. The van der Waals surface area contributed by atoms with E-state index in [0.717, 1.165) is 10.9 Å². The fraction of sp³-hybridized carbons (Fsp3) is 0.308. The van der Waals surface area contributed by atoms with Crippen molar-refractivity contribution in [2.45, 2.75) is 6.42 Å². The van der Waals surface area contributed by atoms with E-state index >= 15 is 0 Å². The molecule has 1 aromatic heterocycles. The van der Waals surface area contributed by atoms with Crippen molar-refractivity contribution in [3.63, 3.8) is 0 Å². The van der Waals surface area contributed by atoms with Crippen LogP contribution < -0.4 is 5.32 Å². The molecular formula is C13H16N4O. The number of carbonyl (C=O) groups excluding carboxylic acids is 1. The number of anilines is 1. The minimum atomic E-state index is 0.0864. The van der Waals surface area contributed by atoms with Crippen molar-refractivity contribution < 1.29 is 4.79 Å². The SMILES string of the molecule is CN(C)C(=O)CCNc1ncc2ccccc2n1. The quantitative estimate of drug-likeness (QED) is 0.886. The van der Waals surface area contributed by atoms with Gasteiger partial charge >= 0.3 is 0 Å². The lowest BCUT2D eigenvalue weighted by molar-refractivity contribution is -0.128. The summed E-state index contributed by atoms with van der Waals surface area (Å²) in [6.07, 6.45) is 2.21. The third kappa shape index (κ3) is 2.94. The molecule has 1 aromatic carbocycles. The number of hydrogen-bond donors (Lipinski definition) is 1. The van der Waals surface area contributed by atoms with Gasteiger partial charge in [-0.3, -0.25) is 4.79 Å². The molecule has 0 aliphatic heterocycles. The van der Waals surface area contributed by atoms with Crippen molar-refractivity contribution in [2.75, 3.05) is 26.0 Å². The molecule has 0 atom stereocenters. The maximum atomic E-state index is 11.4. The summed E-state index contributed by atoms with van der Waals surface area (Å²) in [5.41, 5.74) is 0.897. The third-order valence-corrected chi connectivity index (χ3v) is 2.61. The molecule has 0 spiro atoms. The standard InChI is InChI=1S/C13H16N4O/c1-17(2)12(18)7-8-14-13-15-9-10-5-3-4-6-11(10)16-13/h3-6,9H,7-8H2,1-2H3,(H,14,15,16). The molecule has 5 heteroatoms. The van der Waals surface area contributed by atoms with E-state index in [1.54, 1.807) is 25.2 Å². The van der Waals surface area contributed by atoms with Crippen LogP contribution in [0.3, 0.4) is 0 Å². The van der Waals surface area contributed by atoms with Crippen LogP contribution in [-0.2, 0) is 4.79 Å². The van der Waals surface area contributed by atoms with Gasteiger partial charge in [-0.15, -0.1) is 0 Å². The lowest BCUT2D eigenvalue weighted by Crippen LogP contribution is -2.24. The molecule has 0 bridgehead atoms. The third-order valence-electron chi connectivity index (χ3n) is 2.61. The van der Waals surface area contributed by atoms with Gasteiger partial charge in [0.25, 0.3) is 0 Å². The second-order valence-electron chi connectivity index (χ2n) is 4.22. The Morgan fingerprint density at radius 3 is 2.89 bits per heavy atom. The monoisotopic (exact) mass is 244 g/mol. The molecule has 2 aromatic rings. The number of aromatic nitrogens is 2. The van der Waals surface area contributed by atoms with Gasteiger partial charge in [0.15, 0.2) is 0 Å². The fourth-order valence-electron chi connectivity index (χ4n) is 1.56. The van der Waals surface area contributed by atoms with Crippen molar-refractivity contribution in [1.29, 1.82) is 0 Å². The zero-order chi connectivity index (χ0) is 13.0. The number of fused-ring (bicyclic) bond motifs is 1. The lowest BCUT2D eigenvalue weighted by atomic mass is 10.2. The molecule has 94 valence electrons. The van der Waals surface area contributed by atoms with Gasteiger partial charge in [0.1, 0.15) is 0 Å². The van der Waals surface area contributed by atoms with Gasteiger partial charge in [-0.25, -0.2) is 9.97 Å². The molecule has 0 saturated carbocycles. The summed E-state index contributed by atoms with van der Waals surface area (Å²) in [6.45, 7) is 0.537. The molecule has 1 N–H and O–H groups in total. The van der Waals surface area contributed by atoms with Crippen LogP contribution >= 0.6 is 0 Å². The Hall–Kier alpha value is -2.17. The van der Waals surface area contributed by atoms with E-state index in [2.05, 4.69) is 15.3 Å². The predicted octanol–water partition coefficient (Wildman–Crippen LogP) is 1.52. The summed E-state index contributed by atoms with van der Waals surface area (Å²) >= 11 is 0. The highest BCUT2D eigenvalue weighted by molar-refractivity contribution is 5.78. The second-order valence-corrected chi connectivity index (χ2v) is 4.22. The van der Waals surface area contributed by atoms with E-state index in [4.69, 9.17) is 0 Å². The van der Waals surface area contributed by atoms with Gasteiger partial charge in [0.05, 0.1) is 5.52 Å². The smallest absolute Gasteiger partial charge is 0.223 e. The number of hydrogen-bond acceptors (Lipinski definition) is 4. The van der Waals surface area contributed by atoms with Crippen LogP contribution in [0.2, 0.25) is 0 Å². The Labute approximate surface area is 106 Å². The number of rotatable bonds is 4. The number of carbonyl (C=O) groups is 1. The Balaban J connectivity index is 1.98. The molecule has 0 saturated heterocycles. The first-order chi connectivity index (χ1) is 8.66. The van der Waals surface area contributed by atoms with Gasteiger partial charge < -0.3 is 10.2 Å². The summed E-state index contributed by atoms with van der Waals surface area (Å²) in [5, 5.41) is 4.06. The second kappa shape index (κ2) is 5.44. The fourth-order valence-corrected chi connectivity index (χ4v) is 1.56. The van der Waals surface area contributed by atoms with E-state index in [0.29, 0.717) is 18.9 Å². The van der Waals surface area contributed by atoms with E-state index in [-0.39, 0.29) is 5.91 Å². The number of benzene rings is 1. The Kier molecular flexibility index (Phi) is 3.72. The van der Waals surface area contributed by atoms with Crippen LogP contribution in [0.5, 0.6) is 0 Å². The molecule has 0 unspecified atom stereocenters. The number of para-hydroxylation sites is 1. The number of nitrogens with zero attached hydrogens (tertiary/aromatic N) is 3. The Morgan fingerprint density at radius 1 is 1.33 bits per heavy atom. The average molecular weight is 244 g/mol. The first-order valence-corrected chi connectivity index (χ1v) is 5.82. The largest absolute Gasteiger partial charge is 0.354 e. The van der Waals surface area contributed by atoms with E-state index in [1.165, 1.54) is 0 Å². The first-order valence-electron chi connectivity index (χ1n) is 5.82. The number of nitrogens with one attached hydrogen (secondary N) is 1. The molecule has 0 fully saturated rings. The number of amides is 1. The van der Waals surface area contributed by atoms with Crippen molar-refractivity contribution in [3.05, 3.63) is 30.5 Å². The zero-order valence-electron chi connectivity index (χ0n) is 10.6. The molecule has 5 nitrogen and oxygen atoms in total. The molecule has 1 heterocycles. The zero-order valence-corrected chi connectivity index (χ0v) is 10.6. The minimum absolute atomic E-state index is 0.0864. The molecule has 1 amide bonds.